The van der Waals surface area contributed by atoms with Crippen molar-refractivity contribution >= 4 is 29.8 Å². The Bertz CT molecular complexity index is 998. The highest BCUT2D eigenvalue weighted by molar-refractivity contribution is 6.02. The van der Waals surface area contributed by atoms with E-state index in [-0.39, 0.29) is 36.0 Å². The van der Waals surface area contributed by atoms with Crippen molar-refractivity contribution in [3.63, 3.8) is 0 Å². The standard InChI is InChI=1S/C20H20N4O5/c1-11(25)23-9-14-7-13(17(20(28)29)24-16(14)18(23)19(24)27)5-4-12-3-2-6-22(8-12)10-15(21)26/h2-6,8,14,16,18H,7,9-10H2,1H3,(H2-,21,26,28,29)/p+1/b5-4+/t14-,16-,18+/m1/s1. The lowest BCUT2D eigenvalue weighted by Crippen LogP contribution is -2.69. The maximum Gasteiger partial charge on any atom is 0.352 e. The fourth-order valence-electron chi connectivity index (χ4n) is 4.56. The van der Waals surface area contributed by atoms with E-state index in [1.54, 1.807) is 40.1 Å². The molecule has 2 fully saturated rings. The lowest BCUT2D eigenvalue weighted by atomic mass is 9.79. The molecule has 4 rings (SSSR count). The van der Waals surface area contributed by atoms with Gasteiger partial charge >= 0.3 is 5.97 Å². The lowest BCUT2D eigenvalue weighted by molar-refractivity contribution is -0.684. The number of hydrogen-bond acceptors (Lipinski definition) is 4. The number of pyridine rings is 1. The third-order valence-corrected chi connectivity index (χ3v) is 5.69. The number of rotatable bonds is 5. The third kappa shape index (κ3) is 3.08. The molecule has 0 spiro atoms. The molecule has 2 saturated heterocycles. The first-order valence-corrected chi connectivity index (χ1v) is 9.30. The fourth-order valence-corrected chi connectivity index (χ4v) is 4.56. The highest BCUT2D eigenvalue weighted by Crippen LogP contribution is 2.47. The number of amides is 3. The number of primary amides is 1. The van der Waals surface area contributed by atoms with Gasteiger partial charge in [-0.2, -0.15) is 4.57 Å². The van der Waals surface area contributed by atoms with Crippen LogP contribution in [0.15, 0.2) is 41.9 Å². The van der Waals surface area contributed by atoms with E-state index in [0.717, 1.165) is 5.56 Å². The van der Waals surface area contributed by atoms with Gasteiger partial charge in [-0.1, -0.05) is 6.08 Å². The summed E-state index contributed by atoms with van der Waals surface area (Å²) in [5.41, 5.74) is 6.50. The molecule has 150 valence electrons. The number of likely N-dealkylation sites (tertiary alicyclic amines) is 1. The number of carbonyl (C=O) groups excluding carboxylic acids is 3. The minimum absolute atomic E-state index is 0.0138. The largest absolute Gasteiger partial charge is 0.477 e. The Kier molecular flexibility index (Phi) is 4.45. The Balaban J connectivity index is 1.65. The zero-order valence-electron chi connectivity index (χ0n) is 15.8. The van der Waals surface area contributed by atoms with E-state index < -0.39 is 17.9 Å². The van der Waals surface area contributed by atoms with Crippen LogP contribution in [-0.4, -0.2) is 57.2 Å². The van der Waals surface area contributed by atoms with E-state index in [4.69, 9.17) is 5.73 Å². The van der Waals surface area contributed by atoms with E-state index >= 15 is 0 Å². The van der Waals surface area contributed by atoms with Crippen LogP contribution >= 0.6 is 0 Å². The monoisotopic (exact) mass is 397 g/mol. The van der Waals surface area contributed by atoms with Crippen LogP contribution in [0, 0.1) is 5.92 Å². The molecule has 0 aromatic carbocycles. The first kappa shape index (κ1) is 18.9. The van der Waals surface area contributed by atoms with Crippen LogP contribution in [0.4, 0.5) is 0 Å². The maximum atomic E-state index is 12.6. The van der Waals surface area contributed by atoms with Crippen LogP contribution in [0.5, 0.6) is 0 Å². The molecule has 1 aromatic heterocycles. The van der Waals surface area contributed by atoms with E-state index in [2.05, 4.69) is 0 Å². The van der Waals surface area contributed by atoms with Gasteiger partial charge in [0.05, 0.1) is 6.04 Å². The normalized spacial score (nSPS) is 25.3. The van der Waals surface area contributed by atoms with Crippen molar-refractivity contribution in [2.75, 3.05) is 6.54 Å². The molecule has 0 radical (unpaired) electrons. The molecule has 3 aliphatic heterocycles. The summed E-state index contributed by atoms with van der Waals surface area (Å²) < 4.78 is 1.64. The Morgan fingerprint density at radius 1 is 1.34 bits per heavy atom. The van der Waals surface area contributed by atoms with Crippen molar-refractivity contribution in [3.8, 4) is 0 Å². The second-order valence-corrected chi connectivity index (χ2v) is 7.57. The summed E-state index contributed by atoms with van der Waals surface area (Å²) >= 11 is 0. The van der Waals surface area contributed by atoms with Crippen LogP contribution in [0.3, 0.4) is 0 Å². The van der Waals surface area contributed by atoms with Gasteiger partial charge in [0, 0.05) is 31.0 Å². The summed E-state index contributed by atoms with van der Waals surface area (Å²) in [5, 5.41) is 9.74. The molecule has 4 heterocycles. The molecular weight excluding hydrogens is 376 g/mol. The van der Waals surface area contributed by atoms with Crippen molar-refractivity contribution in [3.05, 3.63) is 47.4 Å². The number of aliphatic carboxylic acids is 1. The van der Waals surface area contributed by atoms with E-state index in [0.29, 0.717) is 18.5 Å². The summed E-state index contributed by atoms with van der Waals surface area (Å²) in [5.74, 6) is -2.12. The first-order valence-electron chi connectivity index (χ1n) is 9.30. The minimum atomic E-state index is -1.16. The molecule has 1 aromatic rings. The van der Waals surface area contributed by atoms with E-state index in [9.17, 15) is 24.3 Å². The molecular formula is C20H21N4O5+. The predicted octanol–water partition coefficient (Wildman–Crippen LogP) is -0.727. The maximum absolute atomic E-state index is 12.6. The lowest BCUT2D eigenvalue weighted by Gasteiger charge is -2.49. The van der Waals surface area contributed by atoms with Gasteiger partial charge in [0.1, 0.15) is 11.7 Å². The quantitative estimate of drug-likeness (QED) is 0.501. The number of allylic oxidation sites excluding steroid dienone is 2. The SMILES string of the molecule is CC(=O)N1C[C@H]2CC(/C=C/c3ccc[n+](CC(N)=O)c3)=C(C(=O)O)N3C(=O)[C@@H]1[C@@H]23. The van der Waals surface area contributed by atoms with Crippen LogP contribution in [-0.2, 0) is 25.7 Å². The van der Waals surface area contributed by atoms with Crippen molar-refractivity contribution < 1.29 is 28.9 Å². The Labute approximate surface area is 166 Å². The fraction of sp³-hybridized carbons (Fsp3) is 0.350. The van der Waals surface area contributed by atoms with Gasteiger partial charge in [0.25, 0.3) is 11.8 Å². The highest BCUT2D eigenvalue weighted by Gasteiger charge is 2.63. The molecule has 3 atom stereocenters. The van der Waals surface area contributed by atoms with Crippen molar-refractivity contribution in [1.29, 1.82) is 0 Å². The number of nitrogens with two attached hydrogens (primary N) is 1. The van der Waals surface area contributed by atoms with Gasteiger partial charge in [-0.3, -0.25) is 19.3 Å². The van der Waals surface area contributed by atoms with Crippen LogP contribution in [0.1, 0.15) is 18.9 Å². The molecule has 0 saturated carbocycles. The van der Waals surface area contributed by atoms with E-state index in [1.807, 2.05) is 6.07 Å². The molecule has 3 amide bonds. The topological polar surface area (TPSA) is 125 Å². The molecule has 29 heavy (non-hydrogen) atoms. The predicted molar refractivity (Wildman–Crippen MR) is 99.4 cm³/mol. The number of β-lactam (4-membered cyclic amide) rings is 1. The molecule has 9 nitrogen and oxygen atoms in total. The number of hydrogen-bond donors (Lipinski definition) is 2. The summed E-state index contributed by atoms with van der Waals surface area (Å²) in [6, 6.07) is 2.78. The van der Waals surface area contributed by atoms with Crippen LogP contribution in [0.2, 0.25) is 0 Å². The van der Waals surface area contributed by atoms with Crippen molar-refractivity contribution in [1.82, 2.24) is 9.80 Å². The van der Waals surface area contributed by atoms with Crippen LogP contribution in [0.25, 0.3) is 6.08 Å². The summed E-state index contributed by atoms with van der Waals surface area (Å²) in [6.45, 7) is 1.91. The molecule has 3 N–H and O–H groups in total. The van der Waals surface area contributed by atoms with Crippen molar-refractivity contribution in [2.45, 2.75) is 32.0 Å². The van der Waals surface area contributed by atoms with Gasteiger partial charge in [-0.25, -0.2) is 4.79 Å². The van der Waals surface area contributed by atoms with Gasteiger partial charge in [0.15, 0.2) is 12.4 Å². The van der Waals surface area contributed by atoms with Crippen LogP contribution < -0.4 is 10.3 Å². The number of carbonyl (C=O) groups is 4. The summed E-state index contributed by atoms with van der Waals surface area (Å²) in [7, 11) is 0. The minimum Gasteiger partial charge on any atom is -0.477 e. The number of aromatic nitrogens is 1. The molecule has 0 aliphatic carbocycles. The van der Waals surface area contributed by atoms with Gasteiger partial charge in [-0.05, 0) is 24.1 Å². The zero-order chi connectivity index (χ0) is 20.9. The summed E-state index contributed by atoms with van der Waals surface area (Å²) in [4.78, 5) is 50.4. The van der Waals surface area contributed by atoms with E-state index in [1.165, 1.54) is 11.8 Å². The molecule has 0 bridgehead atoms. The number of nitrogens with zero attached hydrogens (tertiary/aromatic N) is 3. The zero-order valence-corrected chi connectivity index (χ0v) is 15.8. The third-order valence-electron chi connectivity index (χ3n) is 5.69. The molecule has 9 heteroatoms. The Morgan fingerprint density at radius 3 is 2.76 bits per heavy atom. The Morgan fingerprint density at radius 2 is 2.10 bits per heavy atom. The smallest absolute Gasteiger partial charge is 0.352 e. The van der Waals surface area contributed by atoms with Gasteiger partial charge in [-0.15, -0.1) is 0 Å². The summed E-state index contributed by atoms with van der Waals surface area (Å²) in [6.07, 6.45) is 7.35. The highest BCUT2D eigenvalue weighted by atomic mass is 16.4. The van der Waals surface area contributed by atoms with Crippen molar-refractivity contribution in [2.24, 2.45) is 11.7 Å². The average molecular weight is 397 g/mol. The number of carboxylic acid groups (broad SMARTS) is 1. The average Bonchev–Trinajstić information content (AvgIpc) is 3.02. The van der Waals surface area contributed by atoms with Gasteiger partial charge < -0.3 is 15.7 Å². The second kappa shape index (κ2) is 6.84. The number of carboxylic acids is 1. The van der Waals surface area contributed by atoms with Gasteiger partial charge in [0.2, 0.25) is 12.5 Å². The second-order valence-electron chi connectivity index (χ2n) is 7.57. The molecule has 3 aliphatic rings. The Hall–Kier alpha value is -3.49. The first-order chi connectivity index (χ1) is 13.8. The molecule has 0 unspecified atom stereocenters.